The Bertz CT molecular complexity index is 325. The number of nitrogens with two attached hydrogens (primary N) is 1. The highest BCUT2D eigenvalue weighted by Gasteiger charge is 2.32. The zero-order valence-electron chi connectivity index (χ0n) is 10.4. The summed E-state index contributed by atoms with van der Waals surface area (Å²) >= 11 is 0. The molecule has 1 aromatic heterocycles. The summed E-state index contributed by atoms with van der Waals surface area (Å²) in [5.74, 6) is 0.529. The second-order valence-electron chi connectivity index (χ2n) is 4.03. The largest absolute Gasteiger partial charge is 0.355 e. The molecular weight excluding hydrogens is 220 g/mol. The van der Waals surface area contributed by atoms with Crippen LogP contribution in [0.1, 0.15) is 32.6 Å². The topological polar surface area (TPSA) is 94.0 Å². The SMILES string of the molecule is CCC(CC)(CN)C(=O)NCCc1ncno1. The van der Waals surface area contributed by atoms with Gasteiger partial charge in [-0.3, -0.25) is 4.79 Å². The highest BCUT2D eigenvalue weighted by molar-refractivity contribution is 5.82. The molecule has 1 amide bonds. The molecule has 0 aliphatic rings. The zero-order valence-corrected chi connectivity index (χ0v) is 10.4. The molecule has 17 heavy (non-hydrogen) atoms. The monoisotopic (exact) mass is 240 g/mol. The number of nitrogens with zero attached hydrogens (tertiary/aromatic N) is 2. The summed E-state index contributed by atoms with van der Waals surface area (Å²) in [4.78, 5) is 15.9. The highest BCUT2D eigenvalue weighted by Crippen LogP contribution is 2.24. The van der Waals surface area contributed by atoms with E-state index in [-0.39, 0.29) is 5.91 Å². The molecule has 1 rings (SSSR count). The Morgan fingerprint density at radius 1 is 1.53 bits per heavy atom. The lowest BCUT2D eigenvalue weighted by Crippen LogP contribution is -2.45. The normalized spacial score (nSPS) is 11.5. The second kappa shape index (κ2) is 6.34. The van der Waals surface area contributed by atoms with Gasteiger partial charge in [-0.15, -0.1) is 0 Å². The Morgan fingerprint density at radius 2 is 2.24 bits per heavy atom. The summed E-state index contributed by atoms with van der Waals surface area (Å²) in [5.41, 5.74) is 5.24. The van der Waals surface area contributed by atoms with Gasteiger partial charge in [-0.25, -0.2) is 0 Å². The van der Waals surface area contributed by atoms with Crippen molar-refractivity contribution in [1.29, 1.82) is 0 Å². The zero-order chi connectivity index (χ0) is 12.7. The van der Waals surface area contributed by atoms with Crippen molar-refractivity contribution >= 4 is 5.91 Å². The van der Waals surface area contributed by atoms with E-state index in [1.54, 1.807) is 0 Å². The molecule has 0 radical (unpaired) electrons. The summed E-state index contributed by atoms with van der Waals surface area (Å²) in [7, 11) is 0. The van der Waals surface area contributed by atoms with E-state index in [1.807, 2.05) is 13.8 Å². The minimum Gasteiger partial charge on any atom is -0.355 e. The molecule has 3 N–H and O–H groups in total. The fourth-order valence-corrected chi connectivity index (χ4v) is 1.73. The van der Waals surface area contributed by atoms with Crippen molar-refractivity contribution < 1.29 is 9.32 Å². The molecule has 0 bridgehead atoms. The van der Waals surface area contributed by atoms with Gasteiger partial charge in [-0.2, -0.15) is 4.98 Å². The molecule has 0 unspecified atom stereocenters. The Labute approximate surface area is 101 Å². The first-order valence-corrected chi connectivity index (χ1v) is 5.92. The number of rotatable bonds is 7. The van der Waals surface area contributed by atoms with Crippen molar-refractivity contribution in [3.05, 3.63) is 12.2 Å². The van der Waals surface area contributed by atoms with Gasteiger partial charge >= 0.3 is 0 Å². The predicted octanol–water partition coefficient (Wildman–Crippen LogP) is 0.493. The fraction of sp³-hybridized carbons (Fsp3) is 0.727. The van der Waals surface area contributed by atoms with Crippen LogP contribution in [0.15, 0.2) is 10.9 Å². The van der Waals surface area contributed by atoms with E-state index in [0.29, 0.717) is 25.4 Å². The maximum Gasteiger partial charge on any atom is 0.228 e. The molecule has 0 saturated heterocycles. The predicted molar refractivity (Wildman–Crippen MR) is 63.1 cm³/mol. The molecule has 6 nitrogen and oxygen atoms in total. The lowest BCUT2D eigenvalue weighted by atomic mass is 9.81. The van der Waals surface area contributed by atoms with E-state index in [2.05, 4.69) is 15.5 Å². The first-order valence-electron chi connectivity index (χ1n) is 5.92. The van der Waals surface area contributed by atoms with Crippen LogP contribution in [-0.2, 0) is 11.2 Å². The van der Waals surface area contributed by atoms with Crippen LogP contribution in [0.2, 0.25) is 0 Å². The summed E-state index contributed by atoms with van der Waals surface area (Å²) in [6.45, 7) is 4.82. The molecule has 0 spiro atoms. The van der Waals surface area contributed by atoms with E-state index < -0.39 is 5.41 Å². The van der Waals surface area contributed by atoms with Gasteiger partial charge in [-0.1, -0.05) is 19.0 Å². The number of hydrogen-bond acceptors (Lipinski definition) is 5. The van der Waals surface area contributed by atoms with Crippen molar-refractivity contribution in [2.75, 3.05) is 13.1 Å². The maximum atomic E-state index is 12.0. The third-order valence-corrected chi connectivity index (χ3v) is 3.26. The van der Waals surface area contributed by atoms with Gasteiger partial charge in [0, 0.05) is 19.5 Å². The number of amides is 1. The van der Waals surface area contributed by atoms with Crippen LogP contribution in [0.4, 0.5) is 0 Å². The van der Waals surface area contributed by atoms with Crippen LogP contribution < -0.4 is 11.1 Å². The van der Waals surface area contributed by atoms with Crippen LogP contribution in [0.25, 0.3) is 0 Å². The average Bonchev–Trinajstić information content (AvgIpc) is 2.85. The van der Waals surface area contributed by atoms with Gasteiger partial charge in [-0.05, 0) is 12.8 Å². The van der Waals surface area contributed by atoms with Crippen LogP contribution in [-0.4, -0.2) is 29.1 Å². The second-order valence-corrected chi connectivity index (χ2v) is 4.03. The standard InChI is InChI=1S/C11H20N4O2/c1-3-11(4-2,7-12)10(16)13-6-5-9-14-8-15-17-9/h8H,3-7,12H2,1-2H3,(H,13,16). The summed E-state index contributed by atoms with van der Waals surface area (Å²) in [6, 6.07) is 0. The van der Waals surface area contributed by atoms with Crippen LogP contribution >= 0.6 is 0 Å². The van der Waals surface area contributed by atoms with Crippen LogP contribution in [0, 0.1) is 5.41 Å². The van der Waals surface area contributed by atoms with E-state index in [9.17, 15) is 4.79 Å². The molecule has 0 aliphatic carbocycles. The summed E-state index contributed by atoms with van der Waals surface area (Å²) in [6.07, 6.45) is 3.37. The van der Waals surface area contributed by atoms with Gasteiger partial charge < -0.3 is 15.6 Å². The number of carbonyl (C=O) groups excluding carboxylic acids is 1. The number of hydrogen-bond donors (Lipinski definition) is 2. The smallest absolute Gasteiger partial charge is 0.228 e. The van der Waals surface area contributed by atoms with Crippen LogP contribution in [0.5, 0.6) is 0 Å². The Balaban J connectivity index is 2.42. The fourth-order valence-electron chi connectivity index (χ4n) is 1.73. The van der Waals surface area contributed by atoms with E-state index >= 15 is 0 Å². The molecule has 0 atom stereocenters. The lowest BCUT2D eigenvalue weighted by Gasteiger charge is -2.28. The third-order valence-electron chi connectivity index (χ3n) is 3.26. The van der Waals surface area contributed by atoms with Crippen LogP contribution in [0.3, 0.4) is 0 Å². The van der Waals surface area contributed by atoms with Gasteiger partial charge in [0.15, 0.2) is 6.33 Å². The molecular formula is C11H20N4O2. The number of aromatic nitrogens is 2. The van der Waals surface area contributed by atoms with Gasteiger partial charge in [0.1, 0.15) is 0 Å². The van der Waals surface area contributed by atoms with E-state index in [4.69, 9.17) is 10.3 Å². The average molecular weight is 240 g/mol. The molecule has 0 aliphatic heterocycles. The quantitative estimate of drug-likeness (QED) is 0.723. The molecule has 96 valence electrons. The molecule has 0 fully saturated rings. The molecule has 0 aromatic carbocycles. The Morgan fingerprint density at radius 3 is 2.71 bits per heavy atom. The van der Waals surface area contributed by atoms with Crippen molar-refractivity contribution in [3.63, 3.8) is 0 Å². The maximum absolute atomic E-state index is 12.0. The number of nitrogens with one attached hydrogen (secondary N) is 1. The van der Waals surface area contributed by atoms with Crippen molar-refractivity contribution in [2.45, 2.75) is 33.1 Å². The Kier molecular flexibility index (Phi) is 5.09. The highest BCUT2D eigenvalue weighted by atomic mass is 16.5. The summed E-state index contributed by atoms with van der Waals surface area (Å²) < 4.78 is 4.84. The molecule has 0 saturated carbocycles. The first kappa shape index (κ1) is 13.6. The van der Waals surface area contributed by atoms with Gasteiger partial charge in [0.2, 0.25) is 11.8 Å². The lowest BCUT2D eigenvalue weighted by molar-refractivity contribution is -0.131. The van der Waals surface area contributed by atoms with Crippen molar-refractivity contribution in [2.24, 2.45) is 11.1 Å². The summed E-state index contributed by atoms with van der Waals surface area (Å²) in [5, 5.41) is 6.37. The number of carbonyl (C=O) groups is 1. The van der Waals surface area contributed by atoms with Crippen molar-refractivity contribution in [3.8, 4) is 0 Å². The van der Waals surface area contributed by atoms with Crippen molar-refractivity contribution in [1.82, 2.24) is 15.5 Å². The Hall–Kier alpha value is -1.43. The molecule has 1 aromatic rings. The van der Waals surface area contributed by atoms with E-state index in [0.717, 1.165) is 12.8 Å². The van der Waals surface area contributed by atoms with Gasteiger partial charge in [0.05, 0.1) is 5.41 Å². The minimum absolute atomic E-state index is 0.00418. The first-order chi connectivity index (χ1) is 8.18. The van der Waals surface area contributed by atoms with Gasteiger partial charge in [0.25, 0.3) is 0 Å². The molecule has 6 heteroatoms. The third kappa shape index (κ3) is 3.26. The van der Waals surface area contributed by atoms with E-state index in [1.165, 1.54) is 6.33 Å². The molecule has 1 heterocycles. The minimum atomic E-state index is -0.450.